The molecule has 1 aromatic heterocycles. The van der Waals surface area contributed by atoms with E-state index in [-0.39, 0.29) is 5.75 Å². The third-order valence-corrected chi connectivity index (χ3v) is 8.05. The van der Waals surface area contributed by atoms with Gasteiger partial charge in [-0.25, -0.2) is 4.98 Å². The van der Waals surface area contributed by atoms with Gasteiger partial charge in [0.25, 0.3) is 0 Å². The van der Waals surface area contributed by atoms with E-state index >= 15 is 0 Å². The summed E-state index contributed by atoms with van der Waals surface area (Å²) in [5.41, 5.74) is 0. The number of aliphatic carboxylic acids is 1. The van der Waals surface area contributed by atoms with E-state index in [1.165, 1.54) is 86.7 Å². The summed E-state index contributed by atoms with van der Waals surface area (Å²) in [6.07, 6.45) is 15.7. The number of carbonyl (C=O) groups is 1. The minimum atomic E-state index is -0.794. The fourth-order valence-corrected chi connectivity index (χ4v) is 6.08. The highest BCUT2D eigenvalue weighted by molar-refractivity contribution is 8.01. The van der Waals surface area contributed by atoms with Crippen LogP contribution in [-0.2, 0) is 4.79 Å². The van der Waals surface area contributed by atoms with Crippen molar-refractivity contribution in [3.05, 3.63) is 18.1 Å². The van der Waals surface area contributed by atoms with Crippen molar-refractivity contribution < 1.29 is 9.90 Å². The van der Waals surface area contributed by atoms with Crippen LogP contribution in [0.4, 0.5) is 5.13 Å². The second-order valence-electron chi connectivity index (χ2n) is 8.08. The molecule has 2 fully saturated rings. The minimum Gasteiger partial charge on any atom is -0.481 e. The average Bonchev–Trinajstić information content (AvgIpc) is 3.15. The summed E-state index contributed by atoms with van der Waals surface area (Å²) in [5, 5.41) is 13.3. The van der Waals surface area contributed by atoms with Gasteiger partial charge in [0.1, 0.15) is 5.82 Å². The second-order valence-corrected chi connectivity index (χ2v) is 10.4. The Morgan fingerprint density at radius 1 is 1.25 bits per heavy atom. The number of thioether (sulfide) groups is 1. The zero-order valence-corrected chi connectivity index (χ0v) is 18.7. The maximum Gasteiger partial charge on any atom is 0.313 e. The molecule has 7 heteroatoms. The van der Waals surface area contributed by atoms with E-state index in [2.05, 4.69) is 35.1 Å². The molecule has 3 rings (SSSR count). The SMILES string of the molecule is C/C=C(\Nc1ncc(SCC(=O)O)s1)N(C1CCCCC1)C1CCC(C)CC1. The van der Waals surface area contributed by atoms with Crippen molar-refractivity contribution in [3.8, 4) is 0 Å². The van der Waals surface area contributed by atoms with Crippen molar-refractivity contribution in [2.45, 2.75) is 87.9 Å². The predicted octanol–water partition coefficient (Wildman–Crippen LogP) is 5.81. The Morgan fingerprint density at radius 3 is 2.57 bits per heavy atom. The molecule has 0 atom stereocenters. The van der Waals surface area contributed by atoms with Crippen LogP contribution >= 0.6 is 23.1 Å². The van der Waals surface area contributed by atoms with Gasteiger partial charge in [-0.2, -0.15) is 0 Å². The number of rotatable bonds is 8. The van der Waals surface area contributed by atoms with Gasteiger partial charge in [-0.05, 0) is 57.4 Å². The normalized spacial score (nSPS) is 24.1. The van der Waals surface area contributed by atoms with E-state index in [0.29, 0.717) is 12.1 Å². The number of nitrogens with one attached hydrogen (secondary N) is 1. The highest BCUT2D eigenvalue weighted by atomic mass is 32.2. The van der Waals surface area contributed by atoms with Gasteiger partial charge in [0.2, 0.25) is 0 Å². The van der Waals surface area contributed by atoms with Crippen LogP contribution in [0.2, 0.25) is 0 Å². The molecule has 2 N–H and O–H groups in total. The van der Waals surface area contributed by atoms with E-state index in [9.17, 15) is 4.79 Å². The smallest absolute Gasteiger partial charge is 0.313 e. The topological polar surface area (TPSA) is 65.5 Å². The van der Waals surface area contributed by atoms with Crippen molar-refractivity contribution in [2.75, 3.05) is 11.1 Å². The molecule has 0 spiro atoms. The number of thiazole rings is 1. The molecule has 0 unspecified atom stereocenters. The number of carboxylic acids is 1. The van der Waals surface area contributed by atoms with Crippen LogP contribution in [-0.4, -0.2) is 38.8 Å². The second kappa shape index (κ2) is 10.5. The largest absolute Gasteiger partial charge is 0.481 e. The van der Waals surface area contributed by atoms with Gasteiger partial charge in [-0.15, -0.1) is 11.8 Å². The molecule has 0 aliphatic heterocycles. The molecule has 2 aliphatic carbocycles. The molecule has 0 saturated heterocycles. The molecule has 156 valence electrons. The van der Waals surface area contributed by atoms with Crippen LogP contribution in [0.25, 0.3) is 0 Å². The summed E-state index contributed by atoms with van der Waals surface area (Å²) >= 11 is 2.87. The third-order valence-electron chi connectivity index (χ3n) is 5.96. The van der Waals surface area contributed by atoms with Crippen LogP contribution in [0.3, 0.4) is 0 Å². The van der Waals surface area contributed by atoms with E-state index < -0.39 is 5.97 Å². The first-order valence-electron chi connectivity index (χ1n) is 10.6. The molecular formula is C21H33N3O2S2. The van der Waals surface area contributed by atoms with Gasteiger partial charge in [0, 0.05) is 12.1 Å². The Balaban J connectivity index is 1.72. The summed E-state index contributed by atoms with van der Waals surface area (Å²) in [5.74, 6) is 1.30. The Kier molecular flexibility index (Phi) is 8.09. The van der Waals surface area contributed by atoms with E-state index in [4.69, 9.17) is 5.11 Å². The van der Waals surface area contributed by atoms with Crippen molar-refractivity contribution in [1.82, 2.24) is 9.88 Å². The first-order valence-corrected chi connectivity index (χ1v) is 12.4. The van der Waals surface area contributed by atoms with Crippen LogP contribution in [0.1, 0.15) is 71.6 Å². The number of hydrogen-bond donors (Lipinski definition) is 2. The number of anilines is 1. The summed E-state index contributed by atoms with van der Waals surface area (Å²) in [6, 6.07) is 1.23. The fraction of sp³-hybridized carbons (Fsp3) is 0.714. The van der Waals surface area contributed by atoms with Crippen LogP contribution in [0.5, 0.6) is 0 Å². The third kappa shape index (κ3) is 5.89. The highest BCUT2D eigenvalue weighted by Crippen LogP contribution is 2.36. The molecule has 0 amide bonds. The Bertz CT molecular complexity index is 662. The van der Waals surface area contributed by atoms with Crippen molar-refractivity contribution in [1.29, 1.82) is 0 Å². The summed E-state index contributed by atoms with van der Waals surface area (Å²) in [7, 11) is 0. The molecule has 1 heterocycles. The van der Waals surface area contributed by atoms with Gasteiger partial charge in [0.05, 0.1) is 16.2 Å². The van der Waals surface area contributed by atoms with Crippen LogP contribution in [0, 0.1) is 5.92 Å². The lowest BCUT2D eigenvalue weighted by molar-refractivity contribution is -0.133. The summed E-state index contributed by atoms with van der Waals surface area (Å²) < 4.78 is 0.941. The Hall–Kier alpha value is -1.21. The van der Waals surface area contributed by atoms with E-state index in [1.54, 1.807) is 6.20 Å². The lowest BCUT2D eigenvalue weighted by Crippen LogP contribution is -2.46. The fourth-order valence-electron chi connectivity index (χ4n) is 4.48. The number of hydrogen-bond acceptors (Lipinski definition) is 6. The summed E-state index contributed by atoms with van der Waals surface area (Å²) in [6.45, 7) is 4.49. The van der Waals surface area contributed by atoms with Gasteiger partial charge < -0.3 is 15.3 Å². The van der Waals surface area contributed by atoms with Gasteiger partial charge >= 0.3 is 5.97 Å². The molecule has 0 aromatic carbocycles. The van der Waals surface area contributed by atoms with Crippen LogP contribution < -0.4 is 5.32 Å². The molecule has 5 nitrogen and oxygen atoms in total. The van der Waals surface area contributed by atoms with Crippen molar-refractivity contribution >= 4 is 34.2 Å². The summed E-state index contributed by atoms with van der Waals surface area (Å²) in [4.78, 5) is 18.0. The van der Waals surface area contributed by atoms with Crippen LogP contribution in [0.15, 0.2) is 22.3 Å². The molecule has 2 aliphatic rings. The molecule has 2 saturated carbocycles. The molecule has 0 bridgehead atoms. The number of carboxylic acid groups (broad SMARTS) is 1. The van der Waals surface area contributed by atoms with Gasteiger partial charge in [-0.1, -0.05) is 37.5 Å². The monoisotopic (exact) mass is 423 g/mol. The lowest BCUT2D eigenvalue weighted by Gasteiger charge is -2.45. The zero-order valence-electron chi connectivity index (χ0n) is 17.0. The standard InChI is InChI=1S/C21H33N3O2S2/c1-3-18(23-21-22-13-20(28-21)27-14-19(25)26)24(16-7-5-4-6-8-16)17-11-9-15(2)10-12-17/h3,13,15-17H,4-12,14H2,1-2H3,(H,22,23)(H,25,26)/b18-3+. The molecular weight excluding hydrogens is 390 g/mol. The van der Waals surface area contributed by atoms with Crippen molar-refractivity contribution in [3.63, 3.8) is 0 Å². The average molecular weight is 424 g/mol. The Morgan fingerprint density at radius 2 is 1.93 bits per heavy atom. The number of allylic oxidation sites excluding steroid dienone is 1. The Labute approximate surface area is 177 Å². The molecule has 28 heavy (non-hydrogen) atoms. The number of aromatic nitrogens is 1. The molecule has 0 radical (unpaired) electrons. The number of nitrogens with zero attached hydrogens (tertiary/aromatic N) is 2. The highest BCUT2D eigenvalue weighted by Gasteiger charge is 2.31. The quantitative estimate of drug-likeness (QED) is 0.515. The van der Waals surface area contributed by atoms with Gasteiger partial charge in [0.15, 0.2) is 5.13 Å². The first kappa shape index (κ1) is 21.5. The van der Waals surface area contributed by atoms with Crippen molar-refractivity contribution in [2.24, 2.45) is 5.92 Å². The lowest BCUT2D eigenvalue weighted by atomic mass is 9.84. The predicted molar refractivity (Wildman–Crippen MR) is 118 cm³/mol. The minimum absolute atomic E-state index is 0.0760. The first-order chi connectivity index (χ1) is 13.6. The van der Waals surface area contributed by atoms with E-state index in [1.807, 2.05) is 0 Å². The van der Waals surface area contributed by atoms with E-state index in [0.717, 1.165) is 15.3 Å². The maximum absolute atomic E-state index is 10.8. The zero-order chi connectivity index (χ0) is 19.9. The van der Waals surface area contributed by atoms with Gasteiger partial charge in [-0.3, -0.25) is 4.79 Å². The maximum atomic E-state index is 10.8. The molecule has 1 aromatic rings.